The molecule has 3 rings (SSSR count). The zero-order valence-corrected chi connectivity index (χ0v) is 14.9. The number of anilines is 1. The van der Waals surface area contributed by atoms with Crippen molar-refractivity contribution in [2.24, 2.45) is 0 Å². The Bertz CT molecular complexity index is 751. The minimum atomic E-state index is -0.728. The van der Waals surface area contributed by atoms with Gasteiger partial charge in [0.1, 0.15) is 5.56 Å². The van der Waals surface area contributed by atoms with Gasteiger partial charge in [0.05, 0.1) is 18.1 Å². The van der Waals surface area contributed by atoms with Gasteiger partial charge in [0.2, 0.25) is 0 Å². The number of carbonyl (C=O) groups excluding carboxylic acids is 2. The highest BCUT2D eigenvalue weighted by Gasteiger charge is 2.32. The van der Waals surface area contributed by atoms with Crippen molar-refractivity contribution < 1.29 is 19.2 Å². The van der Waals surface area contributed by atoms with Crippen molar-refractivity contribution >= 4 is 23.4 Å². The summed E-state index contributed by atoms with van der Waals surface area (Å²) in [5, 5.41) is 14.2. The fourth-order valence-electron chi connectivity index (χ4n) is 3.73. The van der Waals surface area contributed by atoms with Crippen molar-refractivity contribution in [2.45, 2.75) is 25.8 Å². The molecule has 1 N–H and O–H groups in total. The van der Waals surface area contributed by atoms with Gasteiger partial charge in [-0.1, -0.05) is 0 Å². The first-order chi connectivity index (χ1) is 12.4. The molecule has 0 saturated carbocycles. The smallest absolute Gasteiger partial charge is 0.344 e. The summed E-state index contributed by atoms with van der Waals surface area (Å²) < 4.78 is 4.72. The number of hydrogen-bond acceptors (Lipinski definition) is 6. The number of esters is 1. The van der Waals surface area contributed by atoms with Crippen LogP contribution in [0.5, 0.6) is 0 Å². The predicted octanol–water partition coefficient (Wildman–Crippen LogP) is 1.68. The Kier molecular flexibility index (Phi) is 4.97. The van der Waals surface area contributed by atoms with Crippen LogP contribution in [0.25, 0.3) is 0 Å². The molecule has 2 fully saturated rings. The molecule has 2 aliphatic heterocycles. The number of nitrogens with one attached hydrogen (secondary N) is 1. The van der Waals surface area contributed by atoms with Crippen LogP contribution in [0.15, 0.2) is 12.1 Å². The second-order valence-electron chi connectivity index (χ2n) is 6.57. The molecular formula is C17H22N4O5. The molecule has 0 aliphatic carbocycles. The van der Waals surface area contributed by atoms with E-state index in [2.05, 4.69) is 10.2 Å². The lowest BCUT2D eigenvalue weighted by atomic mass is 10.0. The molecule has 2 aliphatic rings. The first-order valence-electron chi connectivity index (χ1n) is 8.59. The van der Waals surface area contributed by atoms with Crippen molar-refractivity contribution in [3.8, 4) is 0 Å². The third-order valence-electron chi connectivity index (χ3n) is 4.97. The Labute approximate surface area is 151 Å². The van der Waals surface area contributed by atoms with Crippen LogP contribution in [0.4, 0.5) is 16.2 Å². The Balaban J connectivity index is 1.90. The predicted molar refractivity (Wildman–Crippen MR) is 94.5 cm³/mol. The average molecular weight is 362 g/mol. The van der Waals surface area contributed by atoms with Crippen LogP contribution in [-0.2, 0) is 4.74 Å². The number of aryl methyl sites for hydroxylation is 1. The Hall–Kier alpha value is -2.84. The van der Waals surface area contributed by atoms with E-state index in [4.69, 9.17) is 4.74 Å². The normalized spacial score (nSPS) is 20.1. The van der Waals surface area contributed by atoms with Crippen molar-refractivity contribution in [3.63, 3.8) is 0 Å². The number of ether oxygens (including phenoxy) is 1. The van der Waals surface area contributed by atoms with Gasteiger partial charge in [-0.2, -0.15) is 0 Å². The van der Waals surface area contributed by atoms with E-state index in [1.807, 2.05) is 4.90 Å². The molecule has 2 amide bonds. The molecular weight excluding hydrogens is 340 g/mol. The van der Waals surface area contributed by atoms with E-state index >= 15 is 0 Å². The van der Waals surface area contributed by atoms with Crippen molar-refractivity contribution in [3.05, 3.63) is 33.4 Å². The van der Waals surface area contributed by atoms with Crippen molar-refractivity contribution in [2.75, 3.05) is 38.2 Å². The lowest BCUT2D eigenvalue weighted by Crippen LogP contribution is -2.49. The third-order valence-corrected chi connectivity index (χ3v) is 4.97. The number of nitro groups is 1. The molecule has 0 bridgehead atoms. The summed E-state index contributed by atoms with van der Waals surface area (Å²) in [4.78, 5) is 38.7. The van der Waals surface area contributed by atoms with Crippen molar-refractivity contribution in [1.82, 2.24) is 10.2 Å². The SMILES string of the molecule is COC(=O)c1cc(N2CCC[C@H](N3CCNC3=O)C2)cc(C)c1[N+](=O)[O-]. The van der Waals surface area contributed by atoms with E-state index < -0.39 is 10.9 Å². The van der Waals surface area contributed by atoms with E-state index in [0.29, 0.717) is 25.2 Å². The summed E-state index contributed by atoms with van der Waals surface area (Å²) in [5.74, 6) is -0.728. The van der Waals surface area contributed by atoms with Gasteiger partial charge in [0, 0.05) is 37.4 Å². The molecule has 1 atom stereocenters. The second kappa shape index (κ2) is 7.19. The van der Waals surface area contributed by atoms with E-state index in [9.17, 15) is 19.7 Å². The number of piperidine rings is 1. The van der Waals surface area contributed by atoms with E-state index in [0.717, 1.165) is 25.1 Å². The van der Waals surface area contributed by atoms with Gasteiger partial charge in [0.15, 0.2) is 0 Å². The molecule has 140 valence electrons. The summed E-state index contributed by atoms with van der Waals surface area (Å²) in [6, 6.07) is 3.27. The number of methoxy groups -OCH3 is 1. The number of nitrogens with zero attached hydrogens (tertiary/aromatic N) is 3. The fourth-order valence-corrected chi connectivity index (χ4v) is 3.73. The number of benzene rings is 1. The monoisotopic (exact) mass is 362 g/mol. The van der Waals surface area contributed by atoms with Gasteiger partial charge in [0.25, 0.3) is 5.69 Å². The Morgan fingerprint density at radius 1 is 1.38 bits per heavy atom. The highest BCUT2D eigenvalue weighted by Crippen LogP contribution is 2.32. The lowest BCUT2D eigenvalue weighted by molar-refractivity contribution is -0.385. The summed E-state index contributed by atoms with van der Waals surface area (Å²) in [6.45, 7) is 4.35. The van der Waals surface area contributed by atoms with Gasteiger partial charge in [-0.3, -0.25) is 10.1 Å². The molecule has 0 spiro atoms. The third kappa shape index (κ3) is 3.29. The van der Waals surface area contributed by atoms with Gasteiger partial charge in [-0.25, -0.2) is 9.59 Å². The molecule has 1 aromatic carbocycles. The zero-order chi connectivity index (χ0) is 18.8. The molecule has 0 aromatic heterocycles. The first-order valence-corrected chi connectivity index (χ1v) is 8.59. The fraction of sp³-hybridized carbons (Fsp3) is 0.529. The topological polar surface area (TPSA) is 105 Å². The van der Waals surface area contributed by atoms with Crippen molar-refractivity contribution in [1.29, 1.82) is 0 Å². The highest BCUT2D eigenvalue weighted by molar-refractivity contribution is 5.96. The number of carbonyl (C=O) groups is 2. The van der Waals surface area contributed by atoms with Gasteiger partial charge >= 0.3 is 12.0 Å². The van der Waals surface area contributed by atoms with Crippen LogP contribution in [0.2, 0.25) is 0 Å². The molecule has 26 heavy (non-hydrogen) atoms. The second-order valence-corrected chi connectivity index (χ2v) is 6.57. The van der Waals surface area contributed by atoms with E-state index in [1.54, 1.807) is 13.0 Å². The summed E-state index contributed by atoms with van der Waals surface area (Å²) >= 11 is 0. The van der Waals surface area contributed by atoms with Gasteiger partial charge in [-0.15, -0.1) is 0 Å². The number of amides is 2. The van der Waals surface area contributed by atoms with Gasteiger partial charge < -0.3 is 19.9 Å². The minimum Gasteiger partial charge on any atom is -0.465 e. The number of rotatable bonds is 4. The quantitative estimate of drug-likeness (QED) is 0.496. The lowest BCUT2D eigenvalue weighted by Gasteiger charge is -2.38. The molecule has 2 saturated heterocycles. The minimum absolute atomic E-state index is 0.0476. The maximum Gasteiger partial charge on any atom is 0.344 e. The summed E-state index contributed by atoms with van der Waals surface area (Å²) in [5.41, 5.74) is 0.869. The molecule has 9 nitrogen and oxygen atoms in total. The maximum absolute atomic E-state index is 12.0. The average Bonchev–Trinajstić information content (AvgIpc) is 3.06. The molecule has 0 radical (unpaired) electrons. The van der Waals surface area contributed by atoms with E-state index in [-0.39, 0.29) is 23.3 Å². The number of hydrogen-bond donors (Lipinski definition) is 1. The molecule has 1 aromatic rings. The Morgan fingerprint density at radius 3 is 2.77 bits per heavy atom. The number of urea groups is 1. The van der Waals surface area contributed by atoms with Crippen LogP contribution < -0.4 is 10.2 Å². The van der Waals surface area contributed by atoms with Crippen LogP contribution in [0.1, 0.15) is 28.8 Å². The molecule has 9 heteroatoms. The molecule has 2 heterocycles. The van der Waals surface area contributed by atoms with Crippen LogP contribution >= 0.6 is 0 Å². The van der Waals surface area contributed by atoms with Crippen LogP contribution in [0, 0.1) is 17.0 Å². The zero-order valence-electron chi connectivity index (χ0n) is 14.9. The standard InChI is InChI=1S/C17H22N4O5/c1-11-8-13(9-14(16(22)26-2)15(11)21(24)25)19-6-3-4-12(10-19)20-7-5-18-17(20)23/h8-9,12H,3-7,10H2,1-2H3,(H,18,23)/t12-/m0/s1. The largest absolute Gasteiger partial charge is 0.465 e. The maximum atomic E-state index is 12.0. The number of nitro benzene ring substituents is 1. The summed E-state index contributed by atoms with van der Waals surface area (Å²) in [7, 11) is 1.21. The molecule has 0 unspecified atom stereocenters. The van der Waals surface area contributed by atoms with Gasteiger partial charge in [-0.05, 0) is 31.9 Å². The van der Waals surface area contributed by atoms with Crippen LogP contribution in [0.3, 0.4) is 0 Å². The van der Waals surface area contributed by atoms with Crippen LogP contribution in [-0.4, -0.2) is 61.2 Å². The Morgan fingerprint density at radius 2 is 2.15 bits per heavy atom. The first kappa shape index (κ1) is 18.0. The van der Waals surface area contributed by atoms with E-state index in [1.165, 1.54) is 13.2 Å². The highest BCUT2D eigenvalue weighted by atomic mass is 16.6. The summed E-state index contributed by atoms with van der Waals surface area (Å²) in [6.07, 6.45) is 1.82.